The van der Waals surface area contributed by atoms with Gasteiger partial charge in [-0.05, 0) is 61.7 Å². The predicted octanol–water partition coefficient (Wildman–Crippen LogP) is 7.82. The standard InChI is InChI=1S/C30H39N5OS/c1-5-9-22(10-8-11-24(36)19-35(4)18-21(6-2)7-3)28-17-25-26(14-15-31-30(25)34-28)33-23-12-13-27-29(16-23)37-20-32-27/h10,12-17,20-21H,5-9,11,18-19H2,1-4H3,(H2,31,33,34)/b22-10+. The number of nitrogens with zero attached hydrogens (tertiary/aromatic N) is 3. The molecule has 0 bridgehead atoms. The van der Waals surface area contributed by atoms with Crippen molar-refractivity contribution >= 4 is 55.3 Å². The largest absolute Gasteiger partial charge is 0.355 e. The van der Waals surface area contributed by atoms with Gasteiger partial charge in [-0.15, -0.1) is 11.3 Å². The van der Waals surface area contributed by atoms with Crippen molar-refractivity contribution in [3.8, 4) is 0 Å². The van der Waals surface area contributed by atoms with Gasteiger partial charge in [-0.25, -0.2) is 9.97 Å². The molecule has 37 heavy (non-hydrogen) atoms. The average molecular weight is 518 g/mol. The molecule has 4 rings (SSSR count). The Bertz CT molecular complexity index is 1350. The van der Waals surface area contributed by atoms with E-state index in [9.17, 15) is 4.79 Å². The Labute approximate surface area is 224 Å². The summed E-state index contributed by atoms with van der Waals surface area (Å²) in [6, 6.07) is 10.4. The summed E-state index contributed by atoms with van der Waals surface area (Å²) >= 11 is 1.64. The number of likely N-dealkylation sites (N-methyl/N-ethyl adjacent to an activating group) is 1. The minimum Gasteiger partial charge on any atom is -0.355 e. The van der Waals surface area contributed by atoms with Crippen molar-refractivity contribution in [3.05, 3.63) is 53.8 Å². The fraction of sp³-hybridized carbons (Fsp3) is 0.433. The van der Waals surface area contributed by atoms with Crippen molar-refractivity contribution in [2.75, 3.05) is 25.5 Å². The van der Waals surface area contributed by atoms with E-state index in [4.69, 9.17) is 0 Å². The summed E-state index contributed by atoms with van der Waals surface area (Å²) in [5, 5.41) is 4.62. The SMILES string of the molecule is CCC/C(=C\CCC(=O)CN(C)CC(CC)CC)c1cc2c(Nc3ccc4ncsc4c3)ccnc2[nH]1. The van der Waals surface area contributed by atoms with Crippen LogP contribution in [0.1, 0.15) is 65.0 Å². The molecular weight excluding hydrogens is 478 g/mol. The first kappa shape index (κ1) is 27.0. The van der Waals surface area contributed by atoms with E-state index in [1.54, 1.807) is 11.3 Å². The molecule has 0 amide bonds. The number of nitrogens with one attached hydrogen (secondary N) is 2. The molecule has 0 spiro atoms. The highest BCUT2D eigenvalue weighted by Crippen LogP contribution is 2.31. The van der Waals surface area contributed by atoms with E-state index < -0.39 is 0 Å². The molecule has 0 saturated carbocycles. The first-order valence-corrected chi connectivity index (χ1v) is 14.4. The summed E-state index contributed by atoms with van der Waals surface area (Å²) in [7, 11) is 2.06. The highest BCUT2D eigenvalue weighted by Gasteiger charge is 2.13. The van der Waals surface area contributed by atoms with Crippen molar-refractivity contribution in [2.24, 2.45) is 5.92 Å². The zero-order valence-electron chi connectivity index (χ0n) is 22.5. The fourth-order valence-electron chi connectivity index (χ4n) is 4.85. The number of carbonyl (C=O) groups excluding carboxylic acids is 1. The van der Waals surface area contributed by atoms with Crippen LogP contribution in [0.5, 0.6) is 0 Å². The average Bonchev–Trinajstić information content (AvgIpc) is 3.54. The fourth-order valence-corrected chi connectivity index (χ4v) is 5.57. The molecule has 0 fully saturated rings. The Kier molecular flexibility index (Phi) is 9.47. The van der Waals surface area contributed by atoms with Crippen molar-refractivity contribution in [1.82, 2.24) is 19.9 Å². The molecule has 0 radical (unpaired) electrons. The number of allylic oxidation sites excluding steroid dienone is 2. The number of H-pyrrole nitrogens is 1. The van der Waals surface area contributed by atoms with Crippen molar-refractivity contribution in [3.63, 3.8) is 0 Å². The maximum atomic E-state index is 12.6. The van der Waals surface area contributed by atoms with Crippen LogP contribution in [0.15, 0.2) is 48.1 Å². The van der Waals surface area contributed by atoms with Gasteiger partial charge in [0.1, 0.15) is 11.4 Å². The number of Topliss-reactive ketones (excluding diaryl/α,β-unsaturated/α-hetero) is 1. The number of rotatable bonds is 14. The molecule has 7 heteroatoms. The quantitative estimate of drug-likeness (QED) is 0.178. The molecule has 0 saturated heterocycles. The van der Waals surface area contributed by atoms with Crippen LogP contribution in [-0.2, 0) is 4.79 Å². The highest BCUT2D eigenvalue weighted by molar-refractivity contribution is 7.16. The van der Waals surface area contributed by atoms with E-state index in [2.05, 4.69) is 77.3 Å². The van der Waals surface area contributed by atoms with Gasteiger partial charge in [0.15, 0.2) is 0 Å². The van der Waals surface area contributed by atoms with Crippen LogP contribution in [0.4, 0.5) is 11.4 Å². The number of benzene rings is 1. The van der Waals surface area contributed by atoms with Gasteiger partial charge in [0.2, 0.25) is 0 Å². The van der Waals surface area contributed by atoms with Gasteiger partial charge >= 0.3 is 0 Å². The summed E-state index contributed by atoms with van der Waals surface area (Å²) in [5.74, 6) is 0.975. The van der Waals surface area contributed by atoms with E-state index in [0.717, 1.165) is 77.0 Å². The number of anilines is 2. The number of hydrogen-bond donors (Lipinski definition) is 2. The van der Waals surface area contributed by atoms with Gasteiger partial charge in [0.25, 0.3) is 0 Å². The Morgan fingerprint density at radius 3 is 2.76 bits per heavy atom. The smallest absolute Gasteiger partial charge is 0.147 e. The zero-order chi connectivity index (χ0) is 26.2. The number of fused-ring (bicyclic) bond motifs is 2. The monoisotopic (exact) mass is 517 g/mol. The maximum absolute atomic E-state index is 12.6. The number of aromatic amines is 1. The van der Waals surface area contributed by atoms with E-state index >= 15 is 0 Å². The number of thiazole rings is 1. The second kappa shape index (κ2) is 13.0. The molecule has 1 aromatic carbocycles. The van der Waals surface area contributed by atoms with Gasteiger partial charge in [0.05, 0.1) is 28.0 Å². The van der Waals surface area contributed by atoms with E-state index in [0.29, 0.717) is 24.7 Å². The number of aromatic nitrogens is 3. The molecule has 3 heterocycles. The molecule has 0 aliphatic rings. The Balaban J connectivity index is 1.45. The first-order chi connectivity index (χ1) is 18.0. The number of ketones is 1. The minimum atomic E-state index is 0.309. The molecule has 3 aromatic heterocycles. The topological polar surface area (TPSA) is 73.9 Å². The van der Waals surface area contributed by atoms with E-state index in [1.165, 1.54) is 5.57 Å². The van der Waals surface area contributed by atoms with Gasteiger partial charge < -0.3 is 10.3 Å². The summed E-state index contributed by atoms with van der Waals surface area (Å²) in [6.45, 7) is 8.17. The van der Waals surface area contributed by atoms with Gasteiger partial charge in [0, 0.05) is 35.9 Å². The Hall–Kier alpha value is -3.03. The van der Waals surface area contributed by atoms with Crippen LogP contribution in [0.25, 0.3) is 26.8 Å². The van der Waals surface area contributed by atoms with E-state index in [1.807, 2.05) is 23.8 Å². The van der Waals surface area contributed by atoms with Crippen LogP contribution >= 0.6 is 11.3 Å². The lowest BCUT2D eigenvalue weighted by Gasteiger charge is -2.21. The third kappa shape index (κ3) is 7.05. The number of carbonyl (C=O) groups is 1. The number of hydrogen-bond acceptors (Lipinski definition) is 6. The molecule has 0 aliphatic heterocycles. The third-order valence-corrected chi connectivity index (χ3v) is 7.78. The molecular formula is C30H39N5OS. The molecule has 0 aliphatic carbocycles. The molecule has 196 valence electrons. The highest BCUT2D eigenvalue weighted by atomic mass is 32.1. The molecule has 6 nitrogen and oxygen atoms in total. The van der Waals surface area contributed by atoms with Crippen molar-refractivity contribution < 1.29 is 4.79 Å². The zero-order valence-corrected chi connectivity index (χ0v) is 23.3. The summed E-state index contributed by atoms with van der Waals surface area (Å²) in [6.07, 6.45) is 9.73. The predicted molar refractivity (Wildman–Crippen MR) is 158 cm³/mol. The van der Waals surface area contributed by atoms with Gasteiger partial charge in [-0.3, -0.25) is 9.69 Å². The normalized spacial score (nSPS) is 12.3. The summed E-state index contributed by atoms with van der Waals surface area (Å²) in [4.78, 5) is 27.3. The molecule has 0 atom stereocenters. The lowest BCUT2D eigenvalue weighted by Crippen LogP contribution is -2.30. The Morgan fingerprint density at radius 1 is 1.14 bits per heavy atom. The Morgan fingerprint density at radius 2 is 1.97 bits per heavy atom. The van der Waals surface area contributed by atoms with Crippen LogP contribution in [0.2, 0.25) is 0 Å². The number of pyridine rings is 1. The lowest BCUT2D eigenvalue weighted by atomic mass is 10.0. The van der Waals surface area contributed by atoms with Crippen molar-refractivity contribution in [1.29, 1.82) is 0 Å². The molecule has 2 N–H and O–H groups in total. The van der Waals surface area contributed by atoms with Crippen LogP contribution in [0, 0.1) is 5.92 Å². The van der Waals surface area contributed by atoms with Gasteiger partial charge in [-0.2, -0.15) is 0 Å². The second-order valence-electron chi connectivity index (χ2n) is 9.90. The maximum Gasteiger partial charge on any atom is 0.147 e. The van der Waals surface area contributed by atoms with Crippen LogP contribution in [0.3, 0.4) is 0 Å². The summed E-state index contributed by atoms with van der Waals surface area (Å²) < 4.78 is 1.16. The molecule has 0 unspecified atom stereocenters. The first-order valence-electron chi connectivity index (χ1n) is 13.5. The van der Waals surface area contributed by atoms with E-state index in [-0.39, 0.29) is 0 Å². The lowest BCUT2D eigenvalue weighted by molar-refractivity contribution is -0.120. The van der Waals surface area contributed by atoms with Crippen LogP contribution < -0.4 is 5.32 Å². The second-order valence-corrected chi connectivity index (χ2v) is 10.8. The van der Waals surface area contributed by atoms with Crippen molar-refractivity contribution in [2.45, 2.75) is 59.3 Å². The molecule has 4 aromatic rings. The summed E-state index contributed by atoms with van der Waals surface area (Å²) in [5.41, 5.74) is 8.13. The minimum absolute atomic E-state index is 0.309. The van der Waals surface area contributed by atoms with Crippen LogP contribution in [-0.4, -0.2) is 45.8 Å². The van der Waals surface area contributed by atoms with Gasteiger partial charge in [-0.1, -0.05) is 46.1 Å². The third-order valence-electron chi connectivity index (χ3n) is 6.99.